The van der Waals surface area contributed by atoms with Gasteiger partial charge in [-0.1, -0.05) is 13.0 Å². The Kier molecular flexibility index (Phi) is 2.19. The average Bonchev–Trinajstić information content (AvgIpc) is 2.35. The Morgan fingerprint density at radius 3 is 2.76 bits per heavy atom. The molecule has 3 aliphatic rings. The first-order valence-corrected chi connectivity index (χ1v) is 6.95. The number of halogens is 3. The van der Waals surface area contributed by atoms with E-state index in [0.717, 1.165) is 16.0 Å². The van der Waals surface area contributed by atoms with Crippen LogP contribution in [0.25, 0.3) is 0 Å². The van der Waals surface area contributed by atoms with E-state index < -0.39 is 12.1 Å². The van der Waals surface area contributed by atoms with Crippen LogP contribution >= 0.6 is 0 Å². The van der Waals surface area contributed by atoms with Crippen molar-refractivity contribution in [2.75, 3.05) is 0 Å². The number of hydrogen-bond donors (Lipinski definition) is 1. The zero-order chi connectivity index (χ0) is 15.2. The molecular weight excluding hydrogens is 283 g/mol. The van der Waals surface area contributed by atoms with Gasteiger partial charge in [0.15, 0.2) is 0 Å². The third kappa shape index (κ3) is 1.43. The van der Waals surface area contributed by atoms with Crippen molar-refractivity contribution in [1.82, 2.24) is 4.90 Å². The zero-order valence-corrected chi connectivity index (χ0v) is 11.3. The molecule has 112 valence electrons. The first kappa shape index (κ1) is 13.0. The van der Waals surface area contributed by atoms with Crippen LogP contribution in [0, 0.1) is 5.92 Å². The minimum atomic E-state index is -4.80. The highest BCUT2D eigenvalue weighted by molar-refractivity contribution is 5.84. The molecule has 1 aliphatic heterocycles. The molecule has 0 bridgehead atoms. The number of rotatable bonds is 0. The molecule has 1 saturated carbocycles. The van der Waals surface area contributed by atoms with Crippen molar-refractivity contribution >= 4 is 5.91 Å². The Hall–Kier alpha value is -1.72. The molecule has 0 radical (unpaired) electrons. The fourth-order valence-corrected chi connectivity index (χ4v) is 4.69. The predicted octanol–water partition coefficient (Wildman–Crippen LogP) is 2.37. The van der Waals surface area contributed by atoms with Gasteiger partial charge < -0.3 is 10.0 Å². The standard InChI is InChI=1S/C15H14F3NO2/c1-14-6-11-12(14)10(19(11)13(21)15(16,17)18)4-7-2-3-8(20)5-9(7)14/h2-3,5,10-12,20H,4,6H2,1H3/t10-,11?,12-,14+/m1/s1. The van der Waals surface area contributed by atoms with Gasteiger partial charge in [0.25, 0.3) is 0 Å². The van der Waals surface area contributed by atoms with Crippen LogP contribution in [0.4, 0.5) is 13.2 Å². The third-order valence-corrected chi connectivity index (χ3v) is 5.53. The van der Waals surface area contributed by atoms with Crippen LogP contribution in [0.3, 0.4) is 0 Å². The van der Waals surface area contributed by atoms with Crippen LogP contribution in [-0.2, 0) is 16.6 Å². The lowest BCUT2D eigenvalue weighted by atomic mass is 9.43. The lowest BCUT2D eigenvalue weighted by Gasteiger charge is -2.72. The van der Waals surface area contributed by atoms with Gasteiger partial charge in [-0.05, 0) is 36.1 Å². The second-order valence-corrected chi connectivity index (χ2v) is 6.54. The number of alkyl halides is 3. The Bertz CT molecular complexity index is 657. The van der Waals surface area contributed by atoms with Gasteiger partial charge in [-0.2, -0.15) is 13.2 Å². The quantitative estimate of drug-likeness (QED) is 0.798. The van der Waals surface area contributed by atoms with Gasteiger partial charge in [-0.15, -0.1) is 0 Å². The molecule has 21 heavy (non-hydrogen) atoms. The number of benzene rings is 1. The Labute approximate surface area is 119 Å². The average molecular weight is 297 g/mol. The van der Waals surface area contributed by atoms with E-state index in [0.29, 0.717) is 12.8 Å². The Morgan fingerprint density at radius 2 is 2.10 bits per heavy atom. The molecule has 4 atom stereocenters. The molecule has 0 aromatic heterocycles. The van der Waals surface area contributed by atoms with Crippen molar-refractivity contribution < 1.29 is 23.1 Å². The van der Waals surface area contributed by atoms with Crippen molar-refractivity contribution in [3.63, 3.8) is 0 Å². The summed E-state index contributed by atoms with van der Waals surface area (Å²) in [4.78, 5) is 12.6. The summed E-state index contributed by atoms with van der Waals surface area (Å²) in [6, 6.07) is 4.36. The molecule has 0 spiro atoms. The van der Waals surface area contributed by atoms with E-state index in [1.54, 1.807) is 18.2 Å². The highest BCUT2D eigenvalue weighted by atomic mass is 19.4. The van der Waals surface area contributed by atoms with E-state index in [1.807, 2.05) is 6.92 Å². The minimum Gasteiger partial charge on any atom is -0.508 e. The number of likely N-dealkylation sites (tertiary alicyclic amines) is 1. The fourth-order valence-electron chi connectivity index (χ4n) is 4.69. The van der Waals surface area contributed by atoms with E-state index in [-0.39, 0.29) is 29.2 Å². The number of phenolic OH excluding ortho intramolecular Hbond substituents is 1. The molecule has 1 N–H and O–H groups in total. The first-order chi connectivity index (χ1) is 9.73. The Morgan fingerprint density at radius 1 is 1.38 bits per heavy atom. The second kappa shape index (κ2) is 3.54. The molecule has 1 saturated heterocycles. The van der Waals surface area contributed by atoms with Crippen molar-refractivity contribution in [2.45, 2.75) is 43.4 Å². The molecule has 2 aliphatic carbocycles. The number of amides is 1. The third-order valence-electron chi connectivity index (χ3n) is 5.53. The summed E-state index contributed by atoms with van der Waals surface area (Å²) in [6.45, 7) is 2.02. The number of aromatic hydroxyl groups is 1. The van der Waals surface area contributed by atoms with Crippen LogP contribution < -0.4 is 0 Å². The largest absolute Gasteiger partial charge is 0.508 e. The van der Waals surface area contributed by atoms with Gasteiger partial charge in [-0.25, -0.2) is 0 Å². The summed E-state index contributed by atoms with van der Waals surface area (Å²) in [6.07, 6.45) is -3.83. The van der Waals surface area contributed by atoms with Crippen LogP contribution in [0.15, 0.2) is 18.2 Å². The lowest BCUT2D eigenvalue weighted by Crippen LogP contribution is -2.81. The summed E-state index contributed by atoms with van der Waals surface area (Å²) in [5.41, 5.74) is 1.75. The fraction of sp³-hybridized carbons (Fsp3) is 0.533. The lowest BCUT2D eigenvalue weighted by molar-refractivity contribution is -0.231. The highest BCUT2D eigenvalue weighted by Crippen LogP contribution is 2.64. The number of piperidine rings is 1. The zero-order valence-electron chi connectivity index (χ0n) is 11.3. The van der Waals surface area contributed by atoms with Crippen LogP contribution in [-0.4, -0.2) is 34.2 Å². The van der Waals surface area contributed by atoms with E-state index >= 15 is 0 Å². The maximum Gasteiger partial charge on any atom is 0.471 e. The number of carbonyl (C=O) groups excluding carboxylic acids is 1. The van der Waals surface area contributed by atoms with Gasteiger partial charge >= 0.3 is 12.1 Å². The summed E-state index contributed by atoms with van der Waals surface area (Å²) in [7, 11) is 0. The van der Waals surface area contributed by atoms with E-state index in [1.165, 1.54) is 0 Å². The maximum atomic E-state index is 12.7. The maximum absolute atomic E-state index is 12.7. The van der Waals surface area contributed by atoms with E-state index in [2.05, 4.69) is 0 Å². The molecular formula is C15H14F3NO2. The summed E-state index contributed by atoms with van der Waals surface area (Å²) < 4.78 is 38.1. The van der Waals surface area contributed by atoms with Gasteiger partial charge in [-0.3, -0.25) is 4.79 Å². The van der Waals surface area contributed by atoms with Crippen LogP contribution in [0.1, 0.15) is 24.5 Å². The molecule has 1 aromatic carbocycles. The highest BCUT2D eigenvalue weighted by Gasteiger charge is 2.71. The van der Waals surface area contributed by atoms with Crippen molar-refractivity contribution in [1.29, 1.82) is 0 Å². The van der Waals surface area contributed by atoms with Crippen molar-refractivity contribution in [2.24, 2.45) is 5.92 Å². The predicted molar refractivity (Wildman–Crippen MR) is 67.7 cm³/mol. The van der Waals surface area contributed by atoms with Crippen LogP contribution in [0.2, 0.25) is 0 Å². The summed E-state index contributed by atoms with van der Waals surface area (Å²) >= 11 is 0. The van der Waals surface area contributed by atoms with Gasteiger partial charge in [0, 0.05) is 23.4 Å². The second-order valence-electron chi connectivity index (χ2n) is 6.54. The topological polar surface area (TPSA) is 40.5 Å². The van der Waals surface area contributed by atoms with E-state index in [4.69, 9.17) is 0 Å². The normalized spacial score (nSPS) is 36.2. The van der Waals surface area contributed by atoms with Crippen molar-refractivity contribution in [3.05, 3.63) is 29.3 Å². The molecule has 4 rings (SSSR count). The first-order valence-electron chi connectivity index (χ1n) is 6.95. The number of phenols is 1. The molecule has 6 heteroatoms. The van der Waals surface area contributed by atoms with Crippen LogP contribution in [0.5, 0.6) is 5.75 Å². The number of fused-ring (bicyclic) bond motifs is 2. The van der Waals surface area contributed by atoms with Crippen molar-refractivity contribution in [3.8, 4) is 5.75 Å². The van der Waals surface area contributed by atoms with Gasteiger partial charge in [0.1, 0.15) is 5.75 Å². The molecule has 1 unspecified atom stereocenters. The smallest absolute Gasteiger partial charge is 0.471 e. The molecule has 1 aromatic rings. The molecule has 2 fully saturated rings. The molecule has 3 nitrogen and oxygen atoms in total. The minimum absolute atomic E-state index is 0.0816. The van der Waals surface area contributed by atoms with E-state index in [9.17, 15) is 23.1 Å². The SMILES string of the molecule is C[C@@]12CC3[C@H]1[C@@H](Cc1ccc(O)cc12)N3C(=O)C(F)(F)F. The summed E-state index contributed by atoms with van der Waals surface area (Å²) in [5, 5.41) is 9.64. The molecule has 1 heterocycles. The van der Waals surface area contributed by atoms with Gasteiger partial charge in [0.05, 0.1) is 0 Å². The van der Waals surface area contributed by atoms with Gasteiger partial charge in [0.2, 0.25) is 0 Å². The monoisotopic (exact) mass is 297 g/mol. The summed E-state index contributed by atoms with van der Waals surface area (Å²) in [5.74, 6) is -1.45. The number of carbonyl (C=O) groups is 1. The number of nitrogens with zero attached hydrogens (tertiary/aromatic N) is 1. The Balaban J connectivity index is 1.72. The number of hydrogen-bond acceptors (Lipinski definition) is 2. The molecule has 1 amide bonds.